The van der Waals surface area contributed by atoms with Crippen molar-refractivity contribution in [1.29, 1.82) is 0 Å². The summed E-state index contributed by atoms with van der Waals surface area (Å²) >= 11 is 5.81. The molecule has 0 aromatic heterocycles. The maximum Gasteiger partial charge on any atom is 0.330 e. The first-order valence-corrected chi connectivity index (χ1v) is 5.01. The van der Waals surface area contributed by atoms with Crippen LogP contribution in [0.25, 0.3) is 0 Å². The molecule has 0 aromatic rings. The lowest BCUT2D eigenvalue weighted by Gasteiger charge is -2.21. The summed E-state index contributed by atoms with van der Waals surface area (Å²) in [5.74, 6) is -0.611. The molecule has 0 saturated heterocycles. The van der Waals surface area contributed by atoms with Gasteiger partial charge in [-0.25, -0.2) is 4.79 Å². The smallest absolute Gasteiger partial charge is 0.330 e. The average molecular weight is 233 g/mol. The Morgan fingerprint density at radius 3 is 2.67 bits per heavy atom. The Bertz CT molecular complexity index is 287. The van der Waals surface area contributed by atoms with E-state index in [2.05, 4.69) is 0 Å². The van der Waals surface area contributed by atoms with Gasteiger partial charge in [0.2, 0.25) is 0 Å². The van der Waals surface area contributed by atoms with Crippen molar-refractivity contribution >= 4 is 17.6 Å². The molecule has 0 fully saturated rings. The number of esters is 1. The molecule has 4 nitrogen and oxygen atoms in total. The topological polar surface area (TPSA) is 66.8 Å². The Balaban J connectivity index is 2.84. The molecule has 0 saturated carbocycles. The molecule has 0 bridgehead atoms. The van der Waals surface area contributed by atoms with Crippen LogP contribution < -0.4 is 0 Å². The predicted molar refractivity (Wildman–Crippen MR) is 55.5 cm³/mol. The van der Waals surface area contributed by atoms with Crippen molar-refractivity contribution in [2.45, 2.75) is 30.6 Å². The molecule has 1 aliphatic heterocycles. The number of alkyl halides is 1. The van der Waals surface area contributed by atoms with Gasteiger partial charge >= 0.3 is 5.97 Å². The van der Waals surface area contributed by atoms with Gasteiger partial charge in [0.05, 0.1) is 11.5 Å². The Labute approximate surface area is 92.8 Å². The van der Waals surface area contributed by atoms with Gasteiger partial charge in [-0.3, -0.25) is 0 Å². The number of aliphatic hydroxyl groups excluding tert-OH is 2. The van der Waals surface area contributed by atoms with Gasteiger partial charge in [0.25, 0.3) is 0 Å². The van der Waals surface area contributed by atoms with Crippen molar-refractivity contribution in [3.63, 3.8) is 0 Å². The second kappa shape index (κ2) is 5.30. The summed E-state index contributed by atoms with van der Waals surface area (Å²) in [5, 5.41) is 18.2. The van der Waals surface area contributed by atoms with Crippen molar-refractivity contribution in [2.75, 3.05) is 0 Å². The standard InChI is InChI=1S/C10H13ClO4/c1-6-10(14)8(11)4-2-7(12)3-5-9(13)15-6/h2-8,10,12,14H,1H3/b4-2+,5-3-/t6-,7-,8+,10+/m1/s1. The van der Waals surface area contributed by atoms with Crippen LogP contribution in [0.2, 0.25) is 0 Å². The minimum Gasteiger partial charge on any atom is -0.457 e. The third-order valence-corrected chi connectivity index (χ3v) is 2.43. The molecule has 0 aromatic carbocycles. The SMILES string of the molecule is C[C@H]1OC(=O)/C=C\[C@H](O)/C=C/[C@H](Cl)[C@H]1O. The van der Waals surface area contributed by atoms with E-state index in [0.29, 0.717) is 0 Å². The number of cyclic esters (lactones) is 1. The second-order valence-electron chi connectivity index (χ2n) is 3.31. The van der Waals surface area contributed by atoms with Crippen molar-refractivity contribution in [1.82, 2.24) is 0 Å². The lowest BCUT2D eigenvalue weighted by atomic mass is 10.1. The third kappa shape index (κ3) is 3.66. The Morgan fingerprint density at radius 2 is 2.00 bits per heavy atom. The highest BCUT2D eigenvalue weighted by atomic mass is 35.5. The van der Waals surface area contributed by atoms with Crippen molar-refractivity contribution < 1.29 is 19.7 Å². The van der Waals surface area contributed by atoms with E-state index in [1.165, 1.54) is 18.2 Å². The van der Waals surface area contributed by atoms with Crippen molar-refractivity contribution in [2.24, 2.45) is 0 Å². The number of carbonyl (C=O) groups is 1. The maximum absolute atomic E-state index is 11.1. The molecule has 2 N–H and O–H groups in total. The first-order chi connectivity index (χ1) is 7.00. The zero-order valence-electron chi connectivity index (χ0n) is 8.21. The molecule has 0 amide bonds. The minimum absolute atomic E-state index is 0.611. The monoisotopic (exact) mass is 232 g/mol. The summed E-state index contributed by atoms with van der Waals surface area (Å²) in [4.78, 5) is 11.1. The molecule has 0 spiro atoms. The predicted octanol–water partition coefficient (Wildman–Crippen LogP) is 0.373. The van der Waals surface area contributed by atoms with Crippen LogP contribution in [0.1, 0.15) is 6.92 Å². The Kier molecular flexibility index (Phi) is 4.32. The quantitative estimate of drug-likeness (QED) is 0.360. The van der Waals surface area contributed by atoms with E-state index in [-0.39, 0.29) is 0 Å². The van der Waals surface area contributed by atoms with Crippen LogP contribution in [0, 0.1) is 0 Å². The number of rotatable bonds is 0. The summed E-state index contributed by atoms with van der Waals surface area (Å²) in [6.07, 6.45) is 2.69. The lowest BCUT2D eigenvalue weighted by Crippen LogP contribution is -2.35. The number of carbonyl (C=O) groups excluding carboxylic acids is 1. The summed E-state index contributed by atoms with van der Waals surface area (Å²) in [6.45, 7) is 1.55. The van der Waals surface area contributed by atoms with E-state index >= 15 is 0 Å². The van der Waals surface area contributed by atoms with E-state index in [1.807, 2.05) is 0 Å². The van der Waals surface area contributed by atoms with Crippen LogP contribution in [-0.4, -0.2) is 39.9 Å². The summed E-state index contributed by atoms with van der Waals surface area (Å²) in [5.41, 5.74) is 0. The van der Waals surface area contributed by atoms with Crippen LogP contribution in [0.3, 0.4) is 0 Å². The lowest BCUT2D eigenvalue weighted by molar-refractivity contribution is -0.147. The van der Waals surface area contributed by atoms with Gasteiger partial charge in [-0.2, -0.15) is 0 Å². The molecule has 4 atom stereocenters. The van der Waals surface area contributed by atoms with Crippen LogP contribution in [0.5, 0.6) is 0 Å². The molecule has 1 aliphatic rings. The highest BCUT2D eigenvalue weighted by Gasteiger charge is 2.24. The maximum atomic E-state index is 11.1. The van der Waals surface area contributed by atoms with Gasteiger partial charge < -0.3 is 14.9 Å². The molecule has 84 valence electrons. The molecule has 0 aliphatic carbocycles. The molecular formula is C10H13ClO4. The fourth-order valence-corrected chi connectivity index (χ4v) is 1.42. The number of ether oxygens (including phenoxy) is 1. The van der Waals surface area contributed by atoms with Gasteiger partial charge in [-0.1, -0.05) is 12.2 Å². The number of aliphatic hydroxyl groups is 2. The molecule has 0 unspecified atom stereocenters. The number of halogens is 1. The van der Waals surface area contributed by atoms with Crippen molar-refractivity contribution in [3.8, 4) is 0 Å². The fraction of sp³-hybridized carbons (Fsp3) is 0.500. The largest absolute Gasteiger partial charge is 0.457 e. The molecule has 1 rings (SSSR count). The minimum atomic E-state index is -0.995. The molecule has 15 heavy (non-hydrogen) atoms. The average Bonchev–Trinajstić information content (AvgIpc) is 2.20. The van der Waals surface area contributed by atoms with Crippen LogP contribution >= 0.6 is 11.6 Å². The normalized spacial score (nSPS) is 41.7. The molecular weight excluding hydrogens is 220 g/mol. The fourth-order valence-electron chi connectivity index (χ4n) is 1.13. The zero-order chi connectivity index (χ0) is 11.4. The first-order valence-electron chi connectivity index (χ1n) is 4.58. The molecule has 1 heterocycles. The van der Waals surface area contributed by atoms with E-state index in [9.17, 15) is 15.0 Å². The van der Waals surface area contributed by atoms with E-state index < -0.39 is 29.7 Å². The highest BCUT2D eigenvalue weighted by Crippen LogP contribution is 2.13. The first kappa shape index (κ1) is 12.2. The van der Waals surface area contributed by atoms with Crippen LogP contribution in [0.4, 0.5) is 0 Å². The van der Waals surface area contributed by atoms with Crippen molar-refractivity contribution in [3.05, 3.63) is 24.3 Å². The zero-order valence-corrected chi connectivity index (χ0v) is 8.96. The van der Waals surface area contributed by atoms with Gasteiger partial charge in [-0.15, -0.1) is 11.6 Å². The summed E-state index contributed by atoms with van der Waals surface area (Å²) in [6, 6.07) is 0. The van der Waals surface area contributed by atoms with Gasteiger partial charge in [-0.05, 0) is 13.0 Å². The Morgan fingerprint density at radius 1 is 1.33 bits per heavy atom. The van der Waals surface area contributed by atoms with Gasteiger partial charge in [0, 0.05) is 6.08 Å². The van der Waals surface area contributed by atoms with Crippen LogP contribution in [-0.2, 0) is 9.53 Å². The summed E-state index contributed by atoms with van der Waals surface area (Å²) < 4.78 is 4.85. The summed E-state index contributed by atoms with van der Waals surface area (Å²) in [7, 11) is 0. The van der Waals surface area contributed by atoms with Crippen LogP contribution in [0.15, 0.2) is 24.3 Å². The van der Waals surface area contributed by atoms with E-state index in [0.717, 1.165) is 6.08 Å². The molecule has 0 radical (unpaired) electrons. The van der Waals surface area contributed by atoms with E-state index in [1.54, 1.807) is 6.92 Å². The Hall–Kier alpha value is -0.840. The molecule has 5 heteroatoms. The third-order valence-electron chi connectivity index (χ3n) is 2.03. The second-order valence-corrected chi connectivity index (χ2v) is 3.82. The van der Waals surface area contributed by atoms with Gasteiger partial charge in [0.15, 0.2) is 0 Å². The van der Waals surface area contributed by atoms with E-state index in [4.69, 9.17) is 16.3 Å². The number of hydrogen-bond donors (Lipinski definition) is 2. The van der Waals surface area contributed by atoms with Gasteiger partial charge in [0.1, 0.15) is 12.2 Å². The number of hydrogen-bond acceptors (Lipinski definition) is 4. The highest BCUT2D eigenvalue weighted by molar-refractivity contribution is 6.22.